The second-order valence-electron chi connectivity index (χ2n) is 3.04. The van der Waals surface area contributed by atoms with Gasteiger partial charge >= 0.3 is 0 Å². The van der Waals surface area contributed by atoms with Crippen molar-refractivity contribution in [2.24, 2.45) is 4.99 Å². The second kappa shape index (κ2) is 4.60. The van der Waals surface area contributed by atoms with E-state index in [9.17, 15) is 0 Å². The van der Waals surface area contributed by atoms with Crippen molar-refractivity contribution in [1.82, 2.24) is 9.88 Å². The Morgan fingerprint density at radius 2 is 2.31 bits per heavy atom. The molecule has 0 aliphatic carbocycles. The fourth-order valence-electron chi connectivity index (χ4n) is 0.856. The summed E-state index contributed by atoms with van der Waals surface area (Å²) < 4.78 is 0. The Labute approximate surface area is 79.1 Å². The van der Waals surface area contributed by atoms with E-state index in [1.54, 1.807) is 6.20 Å². The van der Waals surface area contributed by atoms with E-state index in [-0.39, 0.29) is 0 Å². The summed E-state index contributed by atoms with van der Waals surface area (Å²) in [7, 11) is 1.99. The van der Waals surface area contributed by atoms with Crippen LogP contribution in [0.4, 0.5) is 5.69 Å². The van der Waals surface area contributed by atoms with Gasteiger partial charge in [0.2, 0.25) is 0 Å². The number of rotatable bonds is 3. The third-order valence-electron chi connectivity index (χ3n) is 1.76. The zero-order chi connectivity index (χ0) is 9.68. The first-order chi connectivity index (χ1) is 6.22. The molecule has 0 aliphatic rings. The Balaban J connectivity index is 2.68. The van der Waals surface area contributed by atoms with Gasteiger partial charge in [0.15, 0.2) is 0 Å². The molecule has 1 rings (SSSR count). The Kier molecular flexibility index (Phi) is 3.43. The molecular formula is C10H15N3. The molecule has 0 unspecified atom stereocenters. The van der Waals surface area contributed by atoms with E-state index in [2.05, 4.69) is 16.9 Å². The molecule has 13 heavy (non-hydrogen) atoms. The molecule has 0 saturated carbocycles. The lowest BCUT2D eigenvalue weighted by Crippen LogP contribution is -2.14. The maximum atomic E-state index is 4.28. The maximum Gasteiger partial charge on any atom is 0.0910 e. The summed E-state index contributed by atoms with van der Waals surface area (Å²) in [5, 5.41) is 0. The highest BCUT2D eigenvalue weighted by Gasteiger charge is 1.89. The van der Waals surface area contributed by atoms with Crippen LogP contribution in [-0.2, 0) is 0 Å². The number of aliphatic imine (C=N–C) groups is 1. The van der Waals surface area contributed by atoms with Crippen LogP contribution in [0.15, 0.2) is 23.5 Å². The number of aryl methyl sites for hydroxylation is 1. The summed E-state index contributed by atoms with van der Waals surface area (Å²) in [6.45, 7) is 5.05. The van der Waals surface area contributed by atoms with Gasteiger partial charge in [-0.3, -0.25) is 4.98 Å². The third kappa shape index (κ3) is 3.23. The monoisotopic (exact) mass is 177 g/mol. The number of hydrogen-bond donors (Lipinski definition) is 0. The molecule has 0 N–H and O–H groups in total. The zero-order valence-electron chi connectivity index (χ0n) is 8.36. The number of nitrogens with zero attached hydrogens (tertiary/aromatic N) is 3. The lowest BCUT2D eigenvalue weighted by atomic mass is 10.3. The molecule has 1 aromatic rings. The van der Waals surface area contributed by atoms with Crippen molar-refractivity contribution in [2.45, 2.75) is 13.8 Å². The smallest absolute Gasteiger partial charge is 0.0910 e. The SMILES string of the molecule is CCN(C)C=Nc1cncc(C)c1. The predicted molar refractivity (Wildman–Crippen MR) is 55.4 cm³/mol. The minimum Gasteiger partial charge on any atom is -0.366 e. The highest BCUT2D eigenvalue weighted by atomic mass is 15.1. The van der Waals surface area contributed by atoms with Crippen LogP contribution in [0, 0.1) is 6.92 Å². The van der Waals surface area contributed by atoms with Crippen LogP contribution < -0.4 is 0 Å². The van der Waals surface area contributed by atoms with E-state index >= 15 is 0 Å². The van der Waals surface area contributed by atoms with Gasteiger partial charge in [-0.2, -0.15) is 0 Å². The summed E-state index contributed by atoms with van der Waals surface area (Å²) in [6.07, 6.45) is 5.39. The molecule has 1 aromatic heterocycles. The average Bonchev–Trinajstić information content (AvgIpc) is 2.14. The normalized spacial score (nSPS) is 10.7. The fourth-order valence-corrected chi connectivity index (χ4v) is 0.856. The highest BCUT2D eigenvalue weighted by molar-refractivity contribution is 5.60. The number of hydrogen-bond acceptors (Lipinski definition) is 2. The Bertz CT molecular complexity index is 294. The number of pyridine rings is 1. The third-order valence-corrected chi connectivity index (χ3v) is 1.76. The summed E-state index contributed by atoms with van der Waals surface area (Å²) in [5.41, 5.74) is 2.04. The molecule has 0 fully saturated rings. The second-order valence-corrected chi connectivity index (χ2v) is 3.04. The highest BCUT2D eigenvalue weighted by Crippen LogP contribution is 2.10. The molecule has 3 heteroatoms. The van der Waals surface area contributed by atoms with Crippen molar-refractivity contribution in [3.05, 3.63) is 24.0 Å². The molecule has 0 aliphatic heterocycles. The quantitative estimate of drug-likeness (QED) is 0.522. The minimum atomic E-state index is 0.903. The van der Waals surface area contributed by atoms with Crippen molar-refractivity contribution in [3.8, 4) is 0 Å². The van der Waals surface area contributed by atoms with Gasteiger partial charge in [0.1, 0.15) is 0 Å². The van der Waals surface area contributed by atoms with Crippen LogP contribution in [0.1, 0.15) is 12.5 Å². The summed E-state index contributed by atoms with van der Waals surface area (Å²) >= 11 is 0. The standard InChI is InChI=1S/C10H15N3/c1-4-13(3)8-12-10-5-9(2)6-11-7-10/h5-8H,4H2,1-3H3. The molecule has 70 valence electrons. The molecule has 0 bridgehead atoms. The van der Waals surface area contributed by atoms with Crippen molar-refractivity contribution in [1.29, 1.82) is 0 Å². The van der Waals surface area contributed by atoms with E-state index in [1.165, 1.54) is 0 Å². The van der Waals surface area contributed by atoms with Crippen molar-refractivity contribution in [3.63, 3.8) is 0 Å². The van der Waals surface area contributed by atoms with E-state index in [1.807, 2.05) is 37.5 Å². The van der Waals surface area contributed by atoms with Crippen molar-refractivity contribution < 1.29 is 0 Å². The first kappa shape index (κ1) is 9.71. The topological polar surface area (TPSA) is 28.5 Å². The maximum absolute atomic E-state index is 4.28. The van der Waals surface area contributed by atoms with Gasteiger partial charge in [-0.05, 0) is 25.5 Å². The van der Waals surface area contributed by atoms with Crippen LogP contribution >= 0.6 is 0 Å². The van der Waals surface area contributed by atoms with Gasteiger partial charge in [0.05, 0.1) is 18.2 Å². The van der Waals surface area contributed by atoms with Crippen LogP contribution in [-0.4, -0.2) is 29.8 Å². The zero-order valence-corrected chi connectivity index (χ0v) is 8.36. The molecule has 0 aromatic carbocycles. The van der Waals surface area contributed by atoms with E-state index < -0.39 is 0 Å². The van der Waals surface area contributed by atoms with E-state index in [0.29, 0.717) is 0 Å². The van der Waals surface area contributed by atoms with Crippen LogP contribution in [0.5, 0.6) is 0 Å². The van der Waals surface area contributed by atoms with Gasteiger partial charge in [0, 0.05) is 19.8 Å². The summed E-state index contributed by atoms with van der Waals surface area (Å²) in [5.74, 6) is 0. The molecule has 0 saturated heterocycles. The van der Waals surface area contributed by atoms with Crippen LogP contribution in [0.3, 0.4) is 0 Å². The number of aromatic nitrogens is 1. The van der Waals surface area contributed by atoms with Gasteiger partial charge in [-0.15, -0.1) is 0 Å². The van der Waals surface area contributed by atoms with Crippen LogP contribution in [0.25, 0.3) is 0 Å². The Morgan fingerprint density at radius 1 is 1.54 bits per heavy atom. The first-order valence-corrected chi connectivity index (χ1v) is 4.38. The minimum absolute atomic E-state index is 0.903. The van der Waals surface area contributed by atoms with E-state index in [4.69, 9.17) is 0 Å². The molecule has 0 amide bonds. The van der Waals surface area contributed by atoms with Gasteiger partial charge in [-0.1, -0.05) is 0 Å². The average molecular weight is 177 g/mol. The van der Waals surface area contributed by atoms with Crippen LogP contribution in [0.2, 0.25) is 0 Å². The van der Waals surface area contributed by atoms with Gasteiger partial charge in [-0.25, -0.2) is 4.99 Å². The summed E-state index contributed by atoms with van der Waals surface area (Å²) in [6, 6.07) is 2.01. The molecule has 3 nitrogen and oxygen atoms in total. The van der Waals surface area contributed by atoms with Crippen molar-refractivity contribution >= 4 is 12.0 Å². The Hall–Kier alpha value is -1.38. The molecule has 1 heterocycles. The van der Waals surface area contributed by atoms with Crippen molar-refractivity contribution in [2.75, 3.05) is 13.6 Å². The van der Waals surface area contributed by atoms with Gasteiger partial charge in [0.25, 0.3) is 0 Å². The summed E-state index contributed by atoms with van der Waals surface area (Å²) in [4.78, 5) is 10.3. The first-order valence-electron chi connectivity index (χ1n) is 4.38. The predicted octanol–water partition coefficient (Wildman–Crippen LogP) is 2.00. The lowest BCUT2D eigenvalue weighted by Gasteiger charge is -2.07. The van der Waals surface area contributed by atoms with Gasteiger partial charge < -0.3 is 4.90 Å². The molecule has 0 spiro atoms. The molecule has 0 radical (unpaired) electrons. The molecular weight excluding hydrogens is 162 g/mol. The largest absolute Gasteiger partial charge is 0.366 e. The molecule has 0 atom stereocenters. The van der Waals surface area contributed by atoms with E-state index in [0.717, 1.165) is 17.8 Å². The Morgan fingerprint density at radius 3 is 2.92 bits per heavy atom. The lowest BCUT2D eigenvalue weighted by molar-refractivity contribution is 0.552. The fraction of sp³-hybridized carbons (Fsp3) is 0.400.